The molecular weight excluding hydrogens is 248 g/mol. The highest BCUT2D eigenvalue weighted by Gasteiger charge is 2.25. The molecule has 0 bridgehead atoms. The van der Waals surface area contributed by atoms with Gasteiger partial charge in [-0.2, -0.15) is 0 Å². The first-order valence-electron chi connectivity index (χ1n) is 8.54. The highest BCUT2D eigenvalue weighted by atomic mass is 16.6. The summed E-state index contributed by atoms with van der Waals surface area (Å²) in [6.45, 7) is 10.2. The first kappa shape index (κ1) is 17.5. The van der Waals surface area contributed by atoms with Gasteiger partial charge in [-0.1, -0.05) is 58.8 Å². The minimum Gasteiger partial charge on any atom is -0.460 e. The van der Waals surface area contributed by atoms with Gasteiger partial charge in [0.25, 0.3) is 0 Å². The maximum Gasteiger partial charge on any atom is 0.309 e. The quantitative estimate of drug-likeness (QED) is 0.650. The highest BCUT2D eigenvalue weighted by molar-refractivity contribution is 5.72. The summed E-state index contributed by atoms with van der Waals surface area (Å²) in [7, 11) is 0. The molecule has 1 rings (SSSR count). The van der Waals surface area contributed by atoms with Crippen molar-refractivity contribution in [1.29, 1.82) is 0 Å². The van der Waals surface area contributed by atoms with Gasteiger partial charge in [0, 0.05) is 0 Å². The van der Waals surface area contributed by atoms with Gasteiger partial charge >= 0.3 is 5.97 Å². The van der Waals surface area contributed by atoms with Crippen LogP contribution in [0.5, 0.6) is 0 Å². The van der Waals surface area contributed by atoms with E-state index in [0.29, 0.717) is 0 Å². The van der Waals surface area contributed by atoms with E-state index in [1.165, 1.54) is 44.9 Å². The molecule has 0 aromatic rings. The fraction of sp³-hybridized carbons (Fsp3) is 0.944. The minimum absolute atomic E-state index is 0.0222. The molecular formula is C18H34O2. The Balaban J connectivity index is 2.38. The van der Waals surface area contributed by atoms with Crippen molar-refractivity contribution in [1.82, 2.24) is 0 Å². The van der Waals surface area contributed by atoms with Crippen LogP contribution in [-0.2, 0) is 9.53 Å². The number of hydrogen-bond acceptors (Lipinski definition) is 2. The highest BCUT2D eigenvalue weighted by Crippen LogP contribution is 2.31. The number of hydrogen-bond donors (Lipinski definition) is 0. The first-order chi connectivity index (χ1) is 9.31. The minimum atomic E-state index is -0.360. The van der Waals surface area contributed by atoms with Crippen LogP contribution < -0.4 is 0 Å². The Hall–Kier alpha value is -0.530. The number of rotatable bonds is 4. The number of ether oxygens (including phenoxy) is 1. The topological polar surface area (TPSA) is 26.3 Å². The third-order valence-electron chi connectivity index (χ3n) is 4.52. The molecule has 0 aromatic carbocycles. The van der Waals surface area contributed by atoms with Crippen LogP contribution in [0, 0.1) is 17.8 Å². The van der Waals surface area contributed by atoms with Crippen LogP contribution in [-0.4, -0.2) is 11.6 Å². The summed E-state index contributed by atoms with van der Waals surface area (Å²) in [5.74, 6) is 1.68. The van der Waals surface area contributed by atoms with Crippen molar-refractivity contribution < 1.29 is 9.53 Å². The Morgan fingerprint density at radius 2 is 1.60 bits per heavy atom. The Labute approximate surface area is 125 Å². The lowest BCUT2D eigenvalue weighted by atomic mass is 9.81. The summed E-state index contributed by atoms with van der Waals surface area (Å²) in [6, 6.07) is 0. The van der Waals surface area contributed by atoms with E-state index in [1.54, 1.807) is 0 Å². The van der Waals surface area contributed by atoms with Crippen molar-refractivity contribution in [3.8, 4) is 0 Å². The van der Waals surface area contributed by atoms with E-state index in [4.69, 9.17) is 4.74 Å². The zero-order chi connectivity index (χ0) is 15.2. The van der Waals surface area contributed by atoms with Gasteiger partial charge < -0.3 is 4.74 Å². The van der Waals surface area contributed by atoms with Crippen LogP contribution in [0.2, 0.25) is 0 Å². The van der Waals surface area contributed by atoms with Crippen LogP contribution in [0.15, 0.2) is 0 Å². The molecule has 0 aliphatic heterocycles. The Morgan fingerprint density at radius 3 is 2.05 bits per heavy atom. The molecule has 1 fully saturated rings. The molecule has 0 saturated heterocycles. The fourth-order valence-electron chi connectivity index (χ4n) is 3.32. The van der Waals surface area contributed by atoms with Crippen molar-refractivity contribution in [2.45, 2.75) is 91.6 Å². The second-order valence-corrected chi connectivity index (χ2v) is 7.67. The molecule has 0 spiro atoms. The predicted octanol–water partition coefficient (Wildman–Crippen LogP) is 5.35. The second-order valence-electron chi connectivity index (χ2n) is 7.67. The van der Waals surface area contributed by atoms with Crippen molar-refractivity contribution >= 4 is 5.97 Å². The third kappa shape index (κ3) is 6.76. The lowest BCUT2D eigenvalue weighted by Gasteiger charge is -2.27. The van der Waals surface area contributed by atoms with Crippen LogP contribution in [0.3, 0.4) is 0 Å². The van der Waals surface area contributed by atoms with E-state index < -0.39 is 0 Å². The average molecular weight is 282 g/mol. The van der Waals surface area contributed by atoms with Crippen molar-refractivity contribution in [2.24, 2.45) is 17.8 Å². The summed E-state index contributed by atoms with van der Waals surface area (Å²) >= 11 is 0. The van der Waals surface area contributed by atoms with Crippen molar-refractivity contribution in [3.63, 3.8) is 0 Å². The Bertz CT molecular complexity index is 280. The van der Waals surface area contributed by atoms with E-state index in [9.17, 15) is 4.79 Å². The normalized spacial score (nSPS) is 26.4. The van der Waals surface area contributed by atoms with Crippen molar-refractivity contribution in [2.75, 3.05) is 0 Å². The second kappa shape index (κ2) is 8.05. The van der Waals surface area contributed by atoms with Crippen LogP contribution in [0.1, 0.15) is 86.0 Å². The Kier molecular flexibility index (Phi) is 7.05. The van der Waals surface area contributed by atoms with Gasteiger partial charge in [-0.25, -0.2) is 0 Å². The summed E-state index contributed by atoms with van der Waals surface area (Å²) in [4.78, 5) is 12.1. The number of carbonyl (C=O) groups excluding carboxylic acids is 1. The monoisotopic (exact) mass is 282 g/mol. The van der Waals surface area contributed by atoms with E-state index >= 15 is 0 Å². The molecule has 0 N–H and O–H groups in total. The van der Waals surface area contributed by atoms with Crippen LogP contribution >= 0.6 is 0 Å². The zero-order valence-electron chi connectivity index (χ0n) is 14.2. The molecule has 2 heteroatoms. The third-order valence-corrected chi connectivity index (χ3v) is 4.52. The van der Waals surface area contributed by atoms with Crippen molar-refractivity contribution in [3.05, 3.63) is 0 Å². The molecule has 118 valence electrons. The lowest BCUT2D eigenvalue weighted by Crippen LogP contribution is -2.28. The molecule has 1 aliphatic rings. The first-order valence-corrected chi connectivity index (χ1v) is 8.54. The standard InChI is InChI=1S/C18H34O2/c1-6-15-9-7-11-16(12-8-10-15)13-14(2)17(19)20-18(3,4)5/h14-16H,6-13H2,1-5H3. The summed E-state index contributed by atoms with van der Waals surface area (Å²) in [5.41, 5.74) is -0.360. The van der Waals surface area contributed by atoms with Gasteiger partial charge in [-0.3, -0.25) is 4.79 Å². The molecule has 0 amide bonds. The molecule has 0 aromatic heterocycles. The van der Waals surface area contributed by atoms with E-state index in [2.05, 4.69) is 6.92 Å². The largest absolute Gasteiger partial charge is 0.460 e. The number of carbonyl (C=O) groups is 1. The van der Waals surface area contributed by atoms with Gasteiger partial charge in [0.2, 0.25) is 0 Å². The van der Waals surface area contributed by atoms with Crippen LogP contribution in [0.4, 0.5) is 0 Å². The van der Waals surface area contributed by atoms with Gasteiger partial charge in [-0.05, 0) is 39.0 Å². The van der Waals surface area contributed by atoms with Crippen LogP contribution in [0.25, 0.3) is 0 Å². The van der Waals surface area contributed by atoms with Gasteiger partial charge in [0.05, 0.1) is 5.92 Å². The fourth-order valence-corrected chi connectivity index (χ4v) is 3.32. The van der Waals surface area contributed by atoms with Gasteiger partial charge in [0.15, 0.2) is 0 Å². The molecule has 1 atom stereocenters. The number of esters is 1. The molecule has 1 unspecified atom stereocenters. The predicted molar refractivity (Wildman–Crippen MR) is 84.6 cm³/mol. The average Bonchev–Trinajstić information content (AvgIpc) is 2.30. The molecule has 0 radical (unpaired) electrons. The molecule has 0 heterocycles. The molecule has 2 nitrogen and oxygen atoms in total. The van der Waals surface area contributed by atoms with Gasteiger partial charge in [0.1, 0.15) is 5.60 Å². The molecule has 1 aliphatic carbocycles. The maximum absolute atomic E-state index is 12.1. The van der Waals surface area contributed by atoms with Gasteiger partial charge in [-0.15, -0.1) is 0 Å². The Morgan fingerprint density at radius 1 is 1.10 bits per heavy atom. The molecule has 20 heavy (non-hydrogen) atoms. The summed E-state index contributed by atoms with van der Waals surface area (Å²) in [6.07, 6.45) is 10.4. The van der Waals surface area contributed by atoms with E-state index in [1.807, 2.05) is 27.7 Å². The lowest BCUT2D eigenvalue weighted by molar-refractivity contribution is -0.160. The smallest absolute Gasteiger partial charge is 0.309 e. The zero-order valence-corrected chi connectivity index (χ0v) is 14.2. The maximum atomic E-state index is 12.1. The summed E-state index contributed by atoms with van der Waals surface area (Å²) in [5, 5.41) is 0. The summed E-state index contributed by atoms with van der Waals surface area (Å²) < 4.78 is 5.49. The SMILES string of the molecule is CCC1CCCC(CC(C)C(=O)OC(C)(C)C)CCC1. The molecule has 1 saturated carbocycles. The van der Waals surface area contributed by atoms with E-state index in [0.717, 1.165) is 18.3 Å². The van der Waals surface area contributed by atoms with E-state index in [-0.39, 0.29) is 17.5 Å².